The Labute approximate surface area is 365 Å². The van der Waals surface area contributed by atoms with Gasteiger partial charge < -0.3 is 38.3 Å². The summed E-state index contributed by atoms with van der Waals surface area (Å²) in [6.45, 7) is 17.0. The molecule has 1 heterocycles. The minimum Gasteiger partial charge on any atom is -0.458 e. The van der Waals surface area contributed by atoms with Gasteiger partial charge in [-0.2, -0.15) is 0 Å². The second-order valence-electron chi connectivity index (χ2n) is 19.3. The van der Waals surface area contributed by atoms with Gasteiger partial charge in [-0.1, -0.05) is 120 Å². The second kappa shape index (κ2) is 16.2. The van der Waals surface area contributed by atoms with Crippen molar-refractivity contribution in [1.29, 1.82) is 0 Å². The molecule has 3 aromatic rings. The quantitative estimate of drug-likeness (QED) is 0.119. The van der Waals surface area contributed by atoms with Gasteiger partial charge in [-0.15, -0.1) is 0 Å². The second-order valence-corrected chi connectivity index (χ2v) is 23.6. The molecule has 0 aromatic heterocycles. The number of hydrogen-bond acceptors (Lipinski definition) is 12. The highest BCUT2D eigenvalue weighted by Gasteiger charge is 2.79. The maximum absolute atomic E-state index is 14.6. The van der Waals surface area contributed by atoms with Gasteiger partial charge >= 0.3 is 23.9 Å². The Morgan fingerprint density at radius 2 is 1.31 bits per heavy atom. The summed E-state index contributed by atoms with van der Waals surface area (Å²) in [5.74, 6) is -4.08. The molecule has 1 saturated heterocycles. The third-order valence-electron chi connectivity index (χ3n) is 14.4. The van der Waals surface area contributed by atoms with E-state index in [1.807, 2.05) is 36.4 Å². The molecular formula is C49H60O12Si. The van der Waals surface area contributed by atoms with E-state index < -0.39 is 102 Å². The fraction of sp³-hybridized carbons (Fsp3) is 0.510. The molecule has 2 bridgehead atoms. The number of ether oxygens (including phenoxy) is 5. The Morgan fingerprint density at radius 1 is 0.774 bits per heavy atom. The number of carbonyl (C=O) groups excluding carboxylic acids is 4. The Morgan fingerprint density at radius 3 is 1.77 bits per heavy atom. The molecule has 2 saturated carbocycles. The van der Waals surface area contributed by atoms with E-state index >= 15 is 0 Å². The lowest BCUT2D eigenvalue weighted by molar-refractivity contribution is -0.363. The molecule has 13 heteroatoms. The van der Waals surface area contributed by atoms with Crippen LogP contribution in [0.5, 0.6) is 0 Å². The normalized spacial score (nSPS) is 32.7. The van der Waals surface area contributed by atoms with Crippen LogP contribution in [-0.4, -0.2) is 96.8 Å². The van der Waals surface area contributed by atoms with Gasteiger partial charge in [0, 0.05) is 44.4 Å². The predicted molar refractivity (Wildman–Crippen MR) is 232 cm³/mol. The van der Waals surface area contributed by atoms with E-state index in [-0.39, 0.29) is 25.0 Å². The monoisotopic (exact) mass is 868 g/mol. The third kappa shape index (κ3) is 7.04. The van der Waals surface area contributed by atoms with E-state index in [1.165, 1.54) is 20.8 Å². The van der Waals surface area contributed by atoms with Gasteiger partial charge in [0.05, 0.1) is 24.2 Å². The van der Waals surface area contributed by atoms with Crippen molar-refractivity contribution in [2.75, 3.05) is 6.61 Å². The van der Waals surface area contributed by atoms with Crippen molar-refractivity contribution in [2.24, 2.45) is 16.7 Å². The fourth-order valence-electron chi connectivity index (χ4n) is 11.5. The third-order valence-corrected chi connectivity index (χ3v) is 19.5. The molecular weight excluding hydrogens is 809 g/mol. The van der Waals surface area contributed by atoms with Crippen molar-refractivity contribution in [3.63, 3.8) is 0 Å². The van der Waals surface area contributed by atoms with Crippen LogP contribution in [0.4, 0.5) is 0 Å². The minimum atomic E-state index is -3.50. The summed E-state index contributed by atoms with van der Waals surface area (Å²) in [7, 11) is -3.50. The van der Waals surface area contributed by atoms with Crippen LogP contribution in [-0.2, 0) is 42.5 Å². The summed E-state index contributed by atoms with van der Waals surface area (Å²) >= 11 is 0. The molecule has 7 rings (SSSR count). The molecule has 3 aliphatic carbocycles. The molecule has 0 radical (unpaired) electrons. The zero-order valence-corrected chi connectivity index (χ0v) is 38.3. The molecule has 3 aromatic carbocycles. The summed E-state index contributed by atoms with van der Waals surface area (Å²) in [6, 6.07) is 28.3. The number of aliphatic hydroxyl groups excluding tert-OH is 1. The summed E-state index contributed by atoms with van der Waals surface area (Å²) < 4.78 is 39.7. The smallest absolute Gasteiger partial charge is 0.338 e. The molecule has 10 atom stereocenters. The highest BCUT2D eigenvalue weighted by atomic mass is 28.4. The molecule has 1 aliphatic heterocycles. The van der Waals surface area contributed by atoms with Crippen LogP contribution in [0.2, 0.25) is 5.04 Å². The Hall–Kier alpha value is -4.66. The topological polar surface area (TPSA) is 164 Å². The van der Waals surface area contributed by atoms with Crippen LogP contribution in [0, 0.1) is 16.7 Å². The largest absolute Gasteiger partial charge is 0.458 e. The van der Waals surface area contributed by atoms with Crippen molar-refractivity contribution in [2.45, 2.75) is 135 Å². The lowest BCUT2D eigenvalue weighted by Gasteiger charge is -2.70. The van der Waals surface area contributed by atoms with E-state index in [9.17, 15) is 29.4 Å². The first-order valence-corrected chi connectivity index (χ1v) is 23.3. The van der Waals surface area contributed by atoms with E-state index in [1.54, 1.807) is 58.0 Å². The number of rotatable bonds is 9. The van der Waals surface area contributed by atoms with Gasteiger partial charge in [-0.3, -0.25) is 14.4 Å². The Kier molecular flexibility index (Phi) is 11.8. The molecule has 62 heavy (non-hydrogen) atoms. The van der Waals surface area contributed by atoms with Crippen molar-refractivity contribution < 1.29 is 57.5 Å². The van der Waals surface area contributed by atoms with Gasteiger partial charge in [0.2, 0.25) is 0 Å². The maximum Gasteiger partial charge on any atom is 0.338 e. The van der Waals surface area contributed by atoms with Gasteiger partial charge in [-0.05, 0) is 45.6 Å². The molecule has 2 N–H and O–H groups in total. The first-order valence-electron chi connectivity index (χ1n) is 21.4. The number of esters is 4. The molecule has 0 spiro atoms. The highest BCUT2D eigenvalue weighted by Crippen LogP contribution is 2.66. The number of aliphatic hydroxyl groups is 2. The average molecular weight is 869 g/mol. The number of carbonyl (C=O) groups is 4. The van der Waals surface area contributed by atoms with Crippen LogP contribution in [0.3, 0.4) is 0 Å². The SMILES string of the molecule is CC(=O)O[C@H]1C[C@@]2(O)[C@@H](OC(=O)c3ccccc3)[C@@H]3[C@]4(OC(C)=O)CO[C@@H]4C[C@H](O[Si](c4ccccc4)(c4ccccc4)C(C)(C)C)[C@@]3(C)[C@@H](O)[C@H](OC(C)=O)C(=C1C)C2(C)C. The molecule has 0 unspecified atom stereocenters. The molecule has 3 fully saturated rings. The van der Waals surface area contributed by atoms with Crippen LogP contribution in [0.25, 0.3) is 0 Å². The number of benzene rings is 3. The fourth-order valence-corrected chi connectivity index (χ4v) is 16.3. The van der Waals surface area contributed by atoms with Crippen molar-refractivity contribution in [1.82, 2.24) is 0 Å². The standard InChI is InChI=1S/C49H60O12Si/c1-29-36(57-30(2)50)27-49(55)43(59-44(54)33-20-14-11-15-21-33)41-47(10,42(53)40(58-31(3)51)39(29)46(49,8)9)37(26-38-48(41,28-56-38)60-32(4)52)61-62(45(5,6)7,34-22-16-12-17-23-34)35-24-18-13-19-25-35/h11-25,36-38,40-43,53,55H,26-28H2,1-10H3/t36-,37-,38+,40+,41-,42-,43-,47+,48-,49+/m0/s1. The van der Waals surface area contributed by atoms with Crippen LogP contribution in [0.1, 0.15) is 92.4 Å². The first-order chi connectivity index (χ1) is 29.1. The molecule has 0 amide bonds. The number of fused-ring (bicyclic) bond motifs is 5. The van der Waals surface area contributed by atoms with E-state index in [2.05, 4.69) is 45.0 Å². The average Bonchev–Trinajstić information content (AvgIpc) is 3.20. The molecule has 332 valence electrons. The van der Waals surface area contributed by atoms with Crippen LogP contribution < -0.4 is 10.4 Å². The lowest BCUT2D eigenvalue weighted by atomic mass is 9.44. The van der Waals surface area contributed by atoms with Crippen LogP contribution >= 0.6 is 0 Å². The summed E-state index contributed by atoms with van der Waals surface area (Å²) in [4.78, 5) is 54.2. The molecule has 4 aliphatic rings. The number of hydrogen-bond donors (Lipinski definition) is 2. The van der Waals surface area contributed by atoms with E-state index in [0.29, 0.717) is 11.1 Å². The van der Waals surface area contributed by atoms with Gasteiger partial charge in [-0.25, -0.2) is 4.79 Å². The first kappa shape index (κ1) is 45.4. The van der Waals surface area contributed by atoms with Crippen molar-refractivity contribution in [3.8, 4) is 0 Å². The van der Waals surface area contributed by atoms with Crippen molar-refractivity contribution >= 4 is 42.6 Å². The van der Waals surface area contributed by atoms with Crippen molar-refractivity contribution in [3.05, 3.63) is 108 Å². The summed E-state index contributed by atoms with van der Waals surface area (Å²) in [6.07, 6.45) is -7.84. The maximum atomic E-state index is 14.6. The van der Waals surface area contributed by atoms with Crippen LogP contribution in [0.15, 0.2) is 102 Å². The predicted octanol–water partition coefficient (Wildman–Crippen LogP) is 5.60. The summed E-state index contributed by atoms with van der Waals surface area (Å²) in [5.41, 5.74) is -5.92. The van der Waals surface area contributed by atoms with Gasteiger partial charge in [0.25, 0.3) is 8.32 Å². The van der Waals surface area contributed by atoms with Gasteiger partial charge in [0.15, 0.2) is 11.7 Å². The minimum absolute atomic E-state index is 0.101. The molecule has 12 nitrogen and oxygen atoms in total. The van der Waals surface area contributed by atoms with E-state index in [0.717, 1.165) is 10.4 Å². The van der Waals surface area contributed by atoms with E-state index in [4.69, 9.17) is 28.1 Å². The Balaban J connectivity index is 1.59. The van der Waals surface area contributed by atoms with Gasteiger partial charge in [0.1, 0.15) is 30.0 Å². The zero-order chi connectivity index (χ0) is 45.2. The Bertz CT molecular complexity index is 2180. The summed E-state index contributed by atoms with van der Waals surface area (Å²) in [5, 5.41) is 28.9. The zero-order valence-electron chi connectivity index (χ0n) is 37.3. The lowest BCUT2D eigenvalue weighted by Crippen LogP contribution is -2.83. The highest BCUT2D eigenvalue weighted by molar-refractivity contribution is 6.99.